The summed E-state index contributed by atoms with van der Waals surface area (Å²) < 4.78 is 7.39. The van der Waals surface area contributed by atoms with Gasteiger partial charge >= 0.3 is 0 Å². The minimum Gasteiger partial charge on any atom is -0.338 e. The predicted octanol–water partition coefficient (Wildman–Crippen LogP) is 2.57. The standard InChI is InChI=1S/C19H18ClN5O2/c20-18-15(4-2-6-21-18)19-22-16(27-23-19)11-24-9-12-7-13-3-1-5-17(26)25(13)14(8-12)10-24/h1-6,12,14H,7-11H2/t12-,14-/m1/s1. The fourth-order valence-electron chi connectivity index (χ4n) is 4.33. The molecular formula is C19H18ClN5O2. The molecule has 0 saturated carbocycles. The van der Waals surface area contributed by atoms with Crippen LogP contribution in [0.2, 0.25) is 5.15 Å². The lowest BCUT2D eigenvalue weighted by atomic mass is 9.86. The largest absolute Gasteiger partial charge is 0.338 e. The topological polar surface area (TPSA) is 77.1 Å². The Morgan fingerprint density at radius 2 is 2.15 bits per heavy atom. The second-order valence-corrected chi connectivity index (χ2v) is 7.59. The Labute approximate surface area is 160 Å². The van der Waals surface area contributed by atoms with Crippen molar-refractivity contribution in [1.29, 1.82) is 0 Å². The molecule has 8 heteroatoms. The molecule has 0 N–H and O–H groups in total. The number of likely N-dealkylation sites (tertiary alicyclic amines) is 1. The van der Waals surface area contributed by atoms with E-state index in [4.69, 9.17) is 16.1 Å². The summed E-state index contributed by atoms with van der Waals surface area (Å²) in [6.45, 7) is 2.33. The zero-order chi connectivity index (χ0) is 18.4. The second-order valence-electron chi connectivity index (χ2n) is 7.23. The van der Waals surface area contributed by atoms with E-state index in [0.29, 0.717) is 34.9 Å². The fourth-order valence-corrected chi connectivity index (χ4v) is 4.53. The molecule has 5 rings (SSSR count). The molecule has 5 heterocycles. The van der Waals surface area contributed by atoms with Crippen molar-refractivity contribution in [3.63, 3.8) is 0 Å². The SMILES string of the molecule is O=c1cccc2n1[C@@H]1C[C@@H](C2)CN(Cc2nc(-c3cccnc3Cl)no2)C1. The quantitative estimate of drug-likeness (QED) is 0.647. The van der Waals surface area contributed by atoms with Crippen LogP contribution in [0.15, 0.2) is 45.8 Å². The van der Waals surface area contributed by atoms with Gasteiger partial charge in [-0.25, -0.2) is 4.98 Å². The summed E-state index contributed by atoms with van der Waals surface area (Å²) in [7, 11) is 0. The van der Waals surface area contributed by atoms with E-state index in [0.717, 1.165) is 31.6 Å². The Balaban J connectivity index is 1.36. The number of hydrogen-bond acceptors (Lipinski definition) is 6. The van der Waals surface area contributed by atoms with E-state index in [1.807, 2.05) is 16.7 Å². The van der Waals surface area contributed by atoms with Crippen molar-refractivity contribution in [2.45, 2.75) is 25.4 Å². The van der Waals surface area contributed by atoms with Crippen molar-refractivity contribution in [2.24, 2.45) is 5.92 Å². The number of pyridine rings is 2. The van der Waals surface area contributed by atoms with Gasteiger partial charge in [-0.1, -0.05) is 22.8 Å². The van der Waals surface area contributed by atoms with Gasteiger partial charge in [0.05, 0.1) is 12.1 Å². The molecule has 1 saturated heterocycles. The highest BCUT2D eigenvalue weighted by Gasteiger charge is 2.34. The van der Waals surface area contributed by atoms with Crippen molar-refractivity contribution >= 4 is 11.6 Å². The third-order valence-corrected chi connectivity index (χ3v) is 5.66. The van der Waals surface area contributed by atoms with Gasteiger partial charge in [-0.05, 0) is 37.0 Å². The maximum absolute atomic E-state index is 12.3. The highest BCUT2D eigenvalue weighted by atomic mass is 35.5. The lowest BCUT2D eigenvalue weighted by Gasteiger charge is -2.42. The Morgan fingerprint density at radius 3 is 3.04 bits per heavy atom. The summed E-state index contributed by atoms with van der Waals surface area (Å²) in [4.78, 5) is 23.1. The van der Waals surface area contributed by atoms with Crippen LogP contribution in [0.4, 0.5) is 0 Å². The molecule has 2 bridgehead atoms. The molecule has 2 aliphatic rings. The molecule has 138 valence electrons. The van der Waals surface area contributed by atoms with E-state index >= 15 is 0 Å². The highest BCUT2D eigenvalue weighted by Crippen LogP contribution is 2.33. The van der Waals surface area contributed by atoms with Gasteiger partial charge < -0.3 is 9.09 Å². The molecule has 2 aliphatic heterocycles. The first-order valence-corrected chi connectivity index (χ1v) is 9.41. The van der Waals surface area contributed by atoms with Crippen molar-refractivity contribution in [3.8, 4) is 11.4 Å². The highest BCUT2D eigenvalue weighted by molar-refractivity contribution is 6.31. The van der Waals surface area contributed by atoms with E-state index < -0.39 is 0 Å². The number of aromatic nitrogens is 4. The molecule has 0 aromatic carbocycles. The number of piperidine rings is 1. The predicted molar refractivity (Wildman–Crippen MR) is 99.4 cm³/mol. The zero-order valence-corrected chi connectivity index (χ0v) is 15.3. The Bertz CT molecular complexity index is 1050. The number of nitrogens with zero attached hydrogens (tertiary/aromatic N) is 5. The number of halogens is 1. The molecule has 27 heavy (non-hydrogen) atoms. The van der Waals surface area contributed by atoms with E-state index in [1.165, 1.54) is 0 Å². The molecule has 0 radical (unpaired) electrons. The molecule has 3 aromatic rings. The molecule has 0 spiro atoms. The van der Waals surface area contributed by atoms with Gasteiger partial charge in [0.25, 0.3) is 5.56 Å². The van der Waals surface area contributed by atoms with Crippen LogP contribution in [0.25, 0.3) is 11.4 Å². The molecule has 0 unspecified atom stereocenters. The van der Waals surface area contributed by atoms with Gasteiger partial charge in [0.1, 0.15) is 5.15 Å². The van der Waals surface area contributed by atoms with Crippen LogP contribution in [-0.4, -0.2) is 37.7 Å². The van der Waals surface area contributed by atoms with Crippen LogP contribution in [-0.2, 0) is 13.0 Å². The van der Waals surface area contributed by atoms with Crippen LogP contribution in [0.5, 0.6) is 0 Å². The van der Waals surface area contributed by atoms with E-state index in [9.17, 15) is 4.79 Å². The lowest BCUT2D eigenvalue weighted by Crippen LogP contribution is -2.48. The molecule has 0 amide bonds. The number of hydrogen-bond donors (Lipinski definition) is 0. The number of rotatable bonds is 3. The second kappa shape index (κ2) is 6.58. The van der Waals surface area contributed by atoms with E-state index in [1.54, 1.807) is 18.3 Å². The van der Waals surface area contributed by atoms with Crippen LogP contribution in [0.3, 0.4) is 0 Å². The van der Waals surface area contributed by atoms with Crippen molar-refractivity contribution in [3.05, 3.63) is 63.6 Å². The summed E-state index contributed by atoms with van der Waals surface area (Å²) in [6, 6.07) is 9.38. The third kappa shape index (κ3) is 3.07. The Kier molecular flexibility index (Phi) is 4.06. The third-order valence-electron chi connectivity index (χ3n) is 5.35. The lowest BCUT2D eigenvalue weighted by molar-refractivity contribution is 0.0902. The average Bonchev–Trinajstić information content (AvgIpc) is 3.10. The molecule has 1 fully saturated rings. The normalized spacial score (nSPS) is 21.8. The van der Waals surface area contributed by atoms with Gasteiger partial charge in [0.15, 0.2) is 0 Å². The minimum absolute atomic E-state index is 0.0871. The van der Waals surface area contributed by atoms with E-state index in [-0.39, 0.29) is 11.6 Å². The Hall–Kier alpha value is -2.51. The van der Waals surface area contributed by atoms with Gasteiger partial charge in [0, 0.05) is 37.1 Å². The van der Waals surface area contributed by atoms with Crippen LogP contribution >= 0.6 is 11.6 Å². The van der Waals surface area contributed by atoms with Gasteiger partial charge in [0.2, 0.25) is 11.7 Å². The van der Waals surface area contributed by atoms with Crippen molar-refractivity contribution in [1.82, 2.24) is 24.6 Å². The number of fused-ring (bicyclic) bond motifs is 4. The van der Waals surface area contributed by atoms with Crippen molar-refractivity contribution < 1.29 is 4.52 Å². The fraction of sp³-hybridized carbons (Fsp3) is 0.368. The van der Waals surface area contributed by atoms with E-state index in [2.05, 4.69) is 26.1 Å². The van der Waals surface area contributed by atoms with Crippen LogP contribution < -0.4 is 5.56 Å². The van der Waals surface area contributed by atoms with Gasteiger partial charge in [-0.3, -0.25) is 9.69 Å². The first-order chi connectivity index (χ1) is 13.2. The van der Waals surface area contributed by atoms with Crippen LogP contribution in [0, 0.1) is 5.92 Å². The zero-order valence-electron chi connectivity index (χ0n) is 14.6. The molecular weight excluding hydrogens is 366 g/mol. The molecule has 3 aromatic heterocycles. The van der Waals surface area contributed by atoms with Crippen LogP contribution in [0.1, 0.15) is 24.0 Å². The maximum Gasteiger partial charge on any atom is 0.251 e. The summed E-state index contributed by atoms with van der Waals surface area (Å²) >= 11 is 6.11. The van der Waals surface area contributed by atoms with Crippen molar-refractivity contribution in [2.75, 3.05) is 13.1 Å². The summed E-state index contributed by atoms with van der Waals surface area (Å²) in [5.74, 6) is 1.54. The summed E-state index contributed by atoms with van der Waals surface area (Å²) in [5, 5.41) is 4.40. The maximum atomic E-state index is 12.3. The smallest absolute Gasteiger partial charge is 0.251 e. The average molecular weight is 384 g/mol. The molecule has 0 aliphatic carbocycles. The molecule has 2 atom stereocenters. The summed E-state index contributed by atoms with van der Waals surface area (Å²) in [5.41, 5.74) is 1.89. The Morgan fingerprint density at radius 1 is 1.22 bits per heavy atom. The first kappa shape index (κ1) is 16.6. The summed E-state index contributed by atoms with van der Waals surface area (Å²) in [6.07, 6.45) is 3.61. The first-order valence-electron chi connectivity index (χ1n) is 9.03. The molecule has 7 nitrogen and oxygen atoms in total. The van der Waals surface area contributed by atoms with Gasteiger partial charge in [-0.2, -0.15) is 4.98 Å². The minimum atomic E-state index is 0.0871. The monoisotopic (exact) mass is 383 g/mol. The van der Waals surface area contributed by atoms with Gasteiger partial charge in [-0.15, -0.1) is 0 Å².